The quantitative estimate of drug-likeness (QED) is 0.774. The van der Waals surface area contributed by atoms with E-state index in [2.05, 4.69) is 19.2 Å². The van der Waals surface area contributed by atoms with Crippen molar-refractivity contribution in [3.8, 4) is 0 Å². The molecule has 2 saturated heterocycles. The molecule has 0 radical (unpaired) electrons. The molecule has 27 heavy (non-hydrogen) atoms. The number of rotatable bonds is 5. The lowest BCUT2D eigenvalue weighted by molar-refractivity contribution is -0.132. The van der Waals surface area contributed by atoms with Gasteiger partial charge in [0.1, 0.15) is 0 Å². The van der Waals surface area contributed by atoms with Crippen LogP contribution in [0.5, 0.6) is 0 Å². The Morgan fingerprint density at radius 2 is 1.89 bits per heavy atom. The SMILES string of the molecule is CCC(C)CN1C(=O)CNC12CCN(S(=O)(=O)c1ccc(Cl)c(Cl)c1)CC2. The van der Waals surface area contributed by atoms with Gasteiger partial charge in [0.05, 0.1) is 27.1 Å². The van der Waals surface area contributed by atoms with Gasteiger partial charge < -0.3 is 4.90 Å². The Morgan fingerprint density at radius 1 is 1.22 bits per heavy atom. The van der Waals surface area contributed by atoms with Crippen LogP contribution < -0.4 is 5.32 Å². The fourth-order valence-electron chi connectivity index (χ4n) is 3.72. The van der Waals surface area contributed by atoms with Crippen LogP contribution in [0.2, 0.25) is 10.0 Å². The summed E-state index contributed by atoms with van der Waals surface area (Å²) >= 11 is 11.9. The van der Waals surface area contributed by atoms with Gasteiger partial charge in [-0.1, -0.05) is 43.5 Å². The minimum Gasteiger partial charge on any atom is -0.323 e. The highest BCUT2D eigenvalue weighted by molar-refractivity contribution is 7.89. The van der Waals surface area contributed by atoms with E-state index in [1.54, 1.807) is 0 Å². The molecule has 3 rings (SSSR count). The van der Waals surface area contributed by atoms with Crippen molar-refractivity contribution in [2.24, 2.45) is 5.92 Å². The summed E-state index contributed by atoms with van der Waals surface area (Å²) < 4.78 is 27.4. The Kier molecular flexibility index (Phi) is 6.08. The molecule has 1 unspecified atom stereocenters. The normalized spacial score (nSPS) is 21.8. The van der Waals surface area contributed by atoms with Gasteiger partial charge in [0.15, 0.2) is 0 Å². The van der Waals surface area contributed by atoms with Crippen molar-refractivity contribution in [3.63, 3.8) is 0 Å². The van der Waals surface area contributed by atoms with E-state index < -0.39 is 15.7 Å². The predicted molar refractivity (Wildman–Crippen MR) is 106 cm³/mol. The van der Waals surface area contributed by atoms with Crippen LogP contribution >= 0.6 is 23.2 Å². The summed E-state index contributed by atoms with van der Waals surface area (Å²) in [5.74, 6) is 0.500. The van der Waals surface area contributed by atoms with E-state index in [1.165, 1.54) is 22.5 Å². The zero-order valence-corrected chi connectivity index (χ0v) is 17.9. The van der Waals surface area contributed by atoms with Crippen molar-refractivity contribution >= 4 is 39.1 Å². The number of hydrogen-bond acceptors (Lipinski definition) is 4. The van der Waals surface area contributed by atoms with Crippen LogP contribution in [0.4, 0.5) is 0 Å². The van der Waals surface area contributed by atoms with Gasteiger partial charge in [-0.15, -0.1) is 0 Å². The minimum absolute atomic E-state index is 0.0936. The predicted octanol–water partition coefficient (Wildman–Crippen LogP) is 2.95. The number of nitrogens with one attached hydrogen (secondary N) is 1. The standard InChI is InChI=1S/C18H25Cl2N3O3S/c1-3-13(2)12-23-17(24)11-21-18(23)6-8-22(9-7-18)27(25,26)14-4-5-15(19)16(20)10-14/h4-5,10,13,21H,3,6-9,11-12H2,1-2H3. The number of hydrogen-bond donors (Lipinski definition) is 1. The number of sulfonamides is 1. The second kappa shape index (κ2) is 7.87. The van der Waals surface area contributed by atoms with Crippen molar-refractivity contribution < 1.29 is 13.2 Å². The van der Waals surface area contributed by atoms with Crippen LogP contribution in [0, 0.1) is 5.92 Å². The summed E-state index contributed by atoms with van der Waals surface area (Å²) in [7, 11) is -3.65. The van der Waals surface area contributed by atoms with Gasteiger partial charge >= 0.3 is 0 Å². The number of halogens is 2. The summed E-state index contributed by atoms with van der Waals surface area (Å²) in [5.41, 5.74) is -0.440. The zero-order chi connectivity index (χ0) is 19.8. The maximum Gasteiger partial charge on any atom is 0.243 e. The number of carbonyl (C=O) groups excluding carboxylic acids is 1. The highest BCUT2D eigenvalue weighted by Gasteiger charge is 2.48. The van der Waals surface area contributed by atoms with Crippen LogP contribution in [0.3, 0.4) is 0 Å². The van der Waals surface area contributed by atoms with Crippen molar-refractivity contribution in [1.82, 2.24) is 14.5 Å². The first kappa shape index (κ1) is 20.9. The Hall–Kier alpha value is -0.860. The molecule has 1 aromatic rings. The second-order valence-electron chi connectivity index (χ2n) is 7.38. The molecule has 2 heterocycles. The molecule has 1 spiro atoms. The Labute approximate surface area is 170 Å². The molecule has 2 aliphatic rings. The fraction of sp³-hybridized carbons (Fsp3) is 0.611. The zero-order valence-electron chi connectivity index (χ0n) is 15.5. The molecule has 1 atom stereocenters. The lowest BCUT2D eigenvalue weighted by Crippen LogP contribution is -2.59. The van der Waals surface area contributed by atoms with E-state index >= 15 is 0 Å². The molecule has 2 aliphatic heterocycles. The van der Waals surface area contributed by atoms with Gasteiger partial charge in [-0.2, -0.15) is 4.31 Å². The number of nitrogens with zero attached hydrogens (tertiary/aromatic N) is 2. The van der Waals surface area contributed by atoms with E-state index in [0.717, 1.165) is 6.42 Å². The molecule has 150 valence electrons. The van der Waals surface area contributed by atoms with Gasteiger partial charge in [-0.05, 0) is 37.0 Å². The summed E-state index contributed by atoms with van der Waals surface area (Å²) in [4.78, 5) is 14.4. The van der Waals surface area contributed by atoms with Crippen molar-refractivity contribution in [2.45, 2.75) is 43.7 Å². The van der Waals surface area contributed by atoms with E-state index in [-0.39, 0.29) is 15.8 Å². The Bertz CT molecular complexity index is 823. The number of benzene rings is 1. The molecular weight excluding hydrogens is 409 g/mol. The number of carbonyl (C=O) groups is 1. The monoisotopic (exact) mass is 433 g/mol. The van der Waals surface area contributed by atoms with Gasteiger partial charge in [0.2, 0.25) is 15.9 Å². The molecule has 6 nitrogen and oxygen atoms in total. The van der Waals surface area contributed by atoms with E-state index in [0.29, 0.717) is 50.0 Å². The third-order valence-corrected chi connectivity index (χ3v) is 8.29. The second-order valence-corrected chi connectivity index (χ2v) is 10.1. The van der Waals surface area contributed by atoms with E-state index in [9.17, 15) is 13.2 Å². The van der Waals surface area contributed by atoms with Crippen LogP contribution in [-0.2, 0) is 14.8 Å². The largest absolute Gasteiger partial charge is 0.323 e. The first-order valence-corrected chi connectivity index (χ1v) is 11.4. The van der Waals surface area contributed by atoms with Crippen LogP contribution in [0.25, 0.3) is 0 Å². The first-order valence-electron chi connectivity index (χ1n) is 9.20. The van der Waals surface area contributed by atoms with Crippen molar-refractivity contribution in [2.75, 3.05) is 26.2 Å². The summed E-state index contributed by atoms with van der Waals surface area (Å²) in [6.07, 6.45) is 2.13. The van der Waals surface area contributed by atoms with E-state index in [1.807, 2.05) is 4.90 Å². The average Bonchev–Trinajstić information content (AvgIpc) is 2.93. The van der Waals surface area contributed by atoms with Gasteiger partial charge in [0.25, 0.3) is 0 Å². The van der Waals surface area contributed by atoms with Crippen LogP contribution in [0.15, 0.2) is 23.1 Å². The van der Waals surface area contributed by atoms with Gasteiger partial charge in [-0.25, -0.2) is 8.42 Å². The van der Waals surface area contributed by atoms with Crippen LogP contribution in [0.1, 0.15) is 33.1 Å². The van der Waals surface area contributed by atoms with E-state index in [4.69, 9.17) is 23.2 Å². The molecule has 9 heteroatoms. The lowest BCUT2D eigenvalue weighted by Gasteiger charge is -2.45. The molecule has 1 aromatic carbocycles. The molecule has 0 aliphatic carbocycles. The molecule has 0 aromatic heterocycles. The maximum atomic E-state index is 12.9. The third-order valence-electron chi connectivity index (χ3n) is 5.66. The fourth-order valence-corrected chi connectivity index (χ4v) is 5.55. The highest BCUT2D eigenvalue weighted by atomic mass is 35.5. The molecule has 2 fully saturated rings. The average molecular weight is 434 g/mol. The molecule has 0 saturated carbocycles. The van der Waals surface area contributed by atoms with Gasteiger partial charge in [0, 0.05) is 19.6 Å². The molecular formula is C18H25Cl2N3O3S. The smallest absolute Gasteiger partial charge is 0.243 e. The van der Waals surface area contributed by atoms with Crippen molar-refractivity contribution in [3.05, 3.63) is 28.2 Å². The van der Waals surface area contributed by atoms with Crippen molar-refractivity contribution in [1.29, 1.82) is 0 Å². The summed E-state index contributed by atoms with van der Waals surface area (Å²) in [5, 5.41) is 3.88. The summed E-state index contributed by atoms with van der Waals surface area (Å²) in [6.45, 7) is 5.94. The molecule has 1 amide bonds. The summed E-state index contributed by atoms with van der Waals surface area (Å²) in [6, 6.07) is 4.35. The third kappa shape index (κ3) is 3.98. The maximum absolute atomic E-state index is 12.9. The number of amides is 1. The van der Waals surface area contributed by atoms with Crippen LogP contribution in [-0.4, -0.2) is 55.4 Å². The Morgan fingerprint density at radius 3 is 2.48 bits per heavy atom. The van der Waals surface area contributed by atoms with Gasteiger partial charge in [-0.3, -0.25) is 10.1 Å². The molecule has 1 N–H and O–H groups in total. The topological polar surface area (TPSA) is 69.7 Å². The molecule has 0 bridgehead atoms. The minimum atomic E-state index is -3.65. The highest BCUT2D eigenvalue weighted by Crippen LogP contribution is 2.34. The first-order chi connectivity index (χ1) is 12.7. The Balaban J connectivity index is 1.75. The number of piperidine rings is 1. The lowest BCUT2D eigenvalue weighted by atomic mass is 9.96.